The third-order valence-electron chi connectivity index (χ3n) is 3.11. The van der Waals surface area contributed by atoms with Crippen LogP contribution in [-0.2, 0) is 14.8 Å². The molecule has 6 heteroatoms. The van der Waals surface area contributed by atoms with Gasteiger partial charge in [0.25, 0.3) is 0 Å². The van der Waals surface area contributed by atoms with Crippen LogP contribution in [0.5, 0.6) is 0 Å². The lowest BCUT2D eigenvalue weighted by Gasteiger charge is -2.26. The van der Waals surface area contributed by atoms with Crippen molar-refractivity contribution in [3.05, 3.63) is 36.9 Å². The van der Waals surface area contributed by atoms with Crippen LogP contribution in [0.4, 0.5) is 11.4 Å². The lowest BCUT2D eigenvalue weighted by Crippen LogP contribution is -2.35. The average molecular weight is 294 g/mol. The van der Waals surface area contributed by atoms with E-state index in [9.17, 15) is 13.2 Å². The Bertz CT molecular complexity index is 593. The fraction of sp³-hybridized carbons (Fsp3) is 0.357. The van der Waals surface area contributed by atoms with Gasteiger partial charge < -0.3 is 4.90 Å². The van der Waals surface area contributed by atoms with E-state index in [4.69, 9.17) is 0 Å². The van der Waals surface area contributed by atoms with Crippen molar-refractivity contribution in [1.82, 2.24) is 0 Å². The van der Waals surface area contributed by atoms with Gasteiger partial charge in [0.15, 0.2) is 0 Å². The molecule has 1 aliphatic rings. The van der Waals surface area contributed by atoms with Crippen molar-refractivity contribution in [1.29, 1.82) is 0 Å². The number of carbonyl (C=O) groups excluding carboxylic acids is 1. The van der Waals surface area contributed by atoms with Crippen LogP contribution in [0.25, 0.3) is 0 Å². The first kappa shape index (κ1) is 14.6. The van der Waals surface area contributed by atoms with Crippen molar-refractivity contribution in [2.75, 3.05) is 21.9 Å². The summed E-state index contributed by atoms with van der Waals surface area (Å²) in [7, 11) is -3.38. The fourth-order valence-corrected chi connectivity index (χ4v) is 3.05. The number of hydrogen-bond donors (Lipinski definition) is 1. The molecule has 1 aromatic rings. The summed E-state index contributed by atoms with van der Waals surface area (Å²) in [5, 5.41) is 0. The highest BCUT2D eigenvalue weighted by Gasteiger charge is 2.19. The van der Waals surface area contributed by atoms with E-state index in [-0.39, 0.29) is 11.7 Å². The van der Waals surface area contributed by atoms with Crippen LogP contribution >= 0.6 is 0 Å². The van der Waals surface area contributed by atoms with Crippen LogP contribution in [0.1, 0.15) is 19.3 Å². The molecule has 0 bridgehead atoms. The third kappa shape index (κ3) is 3.60. The lowest BCUT2D eigenvalue weighted by molar-refractivity contribution is -0.119. The quantitative estimate of drug-likeness (QED) is 0.846. The number of piperidine rings is 1. The van der Waals surface area contributed by atoms with E-state index in [1.807, 2.05) is 0 Å². The van der Waals surface area contributed by atoms with E-state index in [2.05, 4.69) is 11.3 Å². The van der Waals surface area contributed by atoms with Crippen LogP contribution in [-0.4, -0.2) is 26.6 Å². The first-order chi connectivity index (χ1) is 9.52. The maximum absolute atomic E-state index is 11.8. The molecule has 0 saturated carbocycles. The minimum absolute atomic E-state index is 0.122. The highest BCUT2D eigenvalue weighted by molar-refractivity contribution is 7.92. The first-order valence-electron chi connectivity index (χ1n) is 6.54. The number of benzene rings is 1. The average Bonchev–Trinajstić information content (AvgIpc) is 2.40. The SMILES string of the molecule is C=CCS(=O)(=O)Nc1ccc(N2CCCCC2=O)cc1. The topological polar surface area (TPSA) is 66.5 Å². The van der Waals surface area contributed by atoms with E-state index in [0.717, 1.165) is 25.1 Å². The van der Waals surface area contributed by atoms with E-state index in [0.29, 0.717) is 12.1 Å². The standard InChI is InChI=1S/C14H18N2O3S/c1-2-11-20(18,19)15-12-6-8-13(9-7-12)16-10-4-3-5-14(16)17/h2,6-9,15H,1,3-5,10-11H2. The number of amides is 1. The molecule has 1 N–H and O–H groups in total. The third-order valence-corrected chi connectivity index (χ3v) is 4.33. The maximum atomic E-state index is 11.8. The second-order valence-corrected chi connectivity index (χ2v) is 6.49. The molecule has 0 radical (unpaired) electrons. The molecule has 20 heavy (non-hydrogen) atoms. The van der Waals surface area contributed by atoms with Crippen molar-refractivity contribution in [2.24, 2.45) is 0 Å². The molecule has 0 atom stereocenters. The summed E-state index contributed by atoms with van der Waals surface area (Å²) in [5.41, 5.74) is 1.29. The fourth-order valence-electron chi connectivity index (χ4n) is 2.16. The van der Waals surface area contributed by atoms with E-state index in [1.165, 1.54) is 6.08 Å². The van der Waals surface area contributed by atoms with Crippen LogP contribution < -0.4 is 9.62 Å². The Morgan fingerprint density at radius 2 is 1.95 bits per heavy atom. The van der Waals surface area contributed by atoms with Crippen LogP contribution in [0, 0.1) is 0 Å². The molecule has 1 amide bonds. The van der Waals surface area contributed by atoms with Crippen molar-refractivity contribution in [3.63, 3.8) is 0 Å². The smallest absolute Gasteiger partial charge is 0.236 e. The van der Waals surface area contributed by atoms with Gasteiger partial charge in [-0.15, -0.1) is 6.58 Å². The molecule has 1 aliphatic heterocycles. The molecule has 1 aromatic carbocycles. The molecule has 0 unspecified atom stereocenters. The Labute approximate surface area is 119 Å². The van der Waals surface area contributed by atoms with Crippen LogP contribution in [0.3, 0.4) is 0 Å². The highest BCUT2D eigenvalue weighted by atomic mass is 32.2. The number of sulfonamides is 1. The van der Waals surface area contributed by atoms with Gasteiger partial charge in [-0.05, 0) is 37.1 Å². The van der Waals surface area contributed by atoms with Gasteiger partial charge in [0.2, 0.25) is 15.9 Å². The molecule has 2 rings (SSSR count). The lowest BCUT2D eigenvalue weighted by atomic mass is 10.1. The maximum Gasteiger partial charge on any atom is 0.236 e. The Morgan fingerprint density at radius 3 is 2.55 bits per heavy atom. The molecule has 5 nitrogen and oxygen atoms in total. The number of nitrogens with one attached hydrogen (secondary N) is 1. The molecule has 0 spiro atoms. The second kappa shape index (κ2) is 6.09. The zero-order valence-electron chi connectivity index (χ0n) is 11.2. The summed E-state index contributed by atoms with van der Waals surface area (Å²) in [5.74, 6) is -0.00412. The molecule has 1 fully saturated rings. The van der Waals surface area contributed by atoms with E-state index in [1.54, 1.807) is 29.2 Å². The summed E-state index contributed by atoms with van der Waals surface area (Å²) in [6, 6.07) is 6.85. The summed E-state index contributed by atoms with van der Waals surface area (Å²) in [6.07, 6.45) is 3.85. The summed E-state index contributed by atoms with van der Waals surface area (Å²) in [4.78, 5) is 13.5. The predicted octanol–water partition coefficient (Wildman–Crippen LogP) is 2.13. The molecular weight excluding hydrogens is 276 g/mol. The van der Waals surface area contributed by atoms with Gasteiger partial charge in [0.1, 0.15) is 0 Å². The van der Waals surface area contributed by atoms with Gasteiger partial charge >= 0.3 is 0 Å². The summed E-state index contributed by atoms with van der Waals surface area (Å²) >= 11 is 0. The number of hydrogen-bond acceptors (Lipinski definition) is 3. The number of carbonyl (C=O) groups is 1. The molecule has 0 aromatic heterocycles. The molecule has 0 aliphatic carbocycles. The van der Waals surface area contributed by atoms with Crippen LogP contribution in [0.2, 0.25) is 0 Å². The monoisotopic (exact) mass is 294 g/mol. The number of nitrogens with zero attached hydrogens (tertiary/aromatic N) is 1. The predicted molar refractivity (Wildman–Crippen MR) is 80.3 cm³/mol. The van der Waals surface area contributed by atoms with Gasteiger partial charge in [-0.1, -0.05) is 6.08 Å². The minimum Gasteiger partial charge on any atom is -0.312 e. The second-order valence-electron chi connectivity index (χ2n) is 4.72. The number of rotatable bonds is 5. The summed E-state index contributed by atoms with van der Waals surface area (Å²) in [6.45, 7) is 4.13. The first-order valence-corrected chi connectivity index (χ1v) is 8.19. The van der Waals surface area contributed by atoms with Gasteiger partial charge in [-0.2, -0.15) is 0 Å². The Morgan fingerprint density at radius 1 is 1.25 bits per heavy atom. The highest BCUT2D eigenvalue weighted by Crippen LogP contribution is 2.23. The van der Waals surface area contributed by atoms with Gasteiger partial charge in [-0.3, -0.25) is 9.52 Å². The number of anilines is 2. The van der Waals surface area contributed by atoms with Crippen molar-refractivity contribution >= 4 is 27.3 Å². The van der Waals surface area contributed by atoms with Gasteiger partial charge in [0.05, 0.1) is 5.75 Å². The molecule has 1 saturated heterocycles. The van der Waals surface area contributed by atoms with Gasteiger partial charge in [-0.25, -0.2) is 8.42 Å². The molecule has 1 heterocycles. The molecular formula is C14H18N2O3S. The van der Waals surface area contributed by atoms with Crippen molar-refractivity contribution < 1.29 is 13.2 Å². The Hall–Kier alpha value is -1.82. The largest absolute Gasteiger partial charge is 0.312 e. The molecule has 108 valence electrons. The van der Waals surface area contributed by atoms with E-state index >= 15 is 0 Å². The van der Waals surface area contributed by atoms with Crippen molar-refractivity contribution in [2.45, 2.75) is 19.3 Å². The summed E-state index contributed by atoms with van der Waals surface area (Å²) < 4.78 is 25.6. The zero-order chi connectivity index (χ0) is 14.6. The normalized spacial score (nSPS) is 16.0. The Balaban J connectivity index is 2.10. The van der Waals surface area contributed by atoms with Crippen LogP contribution in [0.15, 0.2) is 36.9 Å². The minimum atomic E-state index is -3.38. The van der Waals surface area contributed by atoms with Gasteiger partial charge in [0, 0.05) is 24.3 Å². The zero-order valence-corrected chi connectivity index (χ0v) is 12.0. The van der Waals surface area contributed by atoms with Crippen molar-refractivity contribution in [3.8, 4) is 0 Å². The van der Waals surface area contributed by atoms with E-state index < -0.39 is 10.0 Å². The Kier molecular flexibility index (Phi) is 4.44.